The minimum Gasteiger partial charge on any atom is -0.481 e. The molecule has 0 aliphatic heterocycles. The van der Waals surface area contributed by atoms with Crippen LogP contribution in [0.2, 0.25) is 0 Å². The number of hydrogen-bond donors (Lipinski definition) is 1. The Morgan fingerprint density at radius 2 is 1.92 bits per heavy atom. The molecule has 1 amide bonds. The molecule has 5 nitrogen and oxygen atoms in total. The van der Waals surface area contributed by atoms with Gasteiger partial charge in [-0.2, -0.15) is 0 Å². The molecule has 25 heavy (non-hydrogen) atoms. The number of thioether (sulfide) groups is 1. The third kappa shape index (κ3) is 6.01. The molecule has 0 unspecified atom stereocenters. The molecule has 136 valence electrons. The Morgan fingerprint density at radius 1 is 1.20 bits per heavy atom. The molecule has 0 bridgehead atoms. The summed E-state index contributed by atoms with van der Waals surface area (Å²) in [7, 11) is 0. The predicted molar refractivity (Wildman–Crippen MR) is 105 cm³/mol. The number of rotatable bonds is 8. The number of nitrogens with one attached hydrogen (secondary N) is 1. The van der Waals surface area contributed by atoms with Gasteiger partial charge in [-0.05, 0) is 30.4 Å². The largest absolute Gasteiger partial charge is 0.481 e. The van der Waals surface area contributed by atoms with Gasteiger partial charge in [0, 0.05) is 5.75 Å². The highest BCUT2D eigenvalue weighted by Gasteiger charge is 2.19. The average molecular weight is 380 g/mol. The zero-order chi connectivity index (χ0) is 18.4. The van der Waals surface area contributed by atoms with Gasteiger partial charge in [0.2, 0.25) is 5.13 Å². The van der Waals surface area contributed by atoms with Crippen molar-refractivity contribution in [2.45, 2.75) is 51.0 Å². The predicted octanol–water partition coefficient (Wildman–Crippen LogP) is 4.82. The zero-order valence-corrected chi connectivity index (χ0v) is 16.9. The van der Waals surface area contributed by atoms with Crippen molar-refractivity contribution >= 4 is 34.1 Å². The maximum absolute atomic E-state index is 12.4. The third-order valence-corrected chi connectivity index (χ3v) is 5.79. The fourth-order valence-electron chi connectivity index (χ4n) is 2.07. The molecular weight excluding hydrogens is 354 g/mol. The van der Waals surface area contributed by atoms with Crippen LogP contribution in [0.15, 0.2) is 28.6 Å². The molecule has 0 radical (unpaired) electrons. The van der Waals surface area contributed by atoms with Gasteiger partial charge in [-0.15, -0.1) is 10.2 Å². The highest BCUT2D eigenvalue weighted by Crippen LogP contribution is 2.28. The van der Waals surface area contributed by atoms with E-state index in [2.05, 4.69) is 43.2 Å². The molecule has 0 aliphatic carbocycles. The Labute approximate surface area is 157 Å². The highest BCUT2D eigenvalue weighted by molar-refractivity contribution is 8.01. The van der Waals surface area contributed by atoms with E-state index in [1.165, 1.54) is 11.3 Å². The summed E-state index contributed by atoms with van der Waals surface area (Å²) in [5, 5.41) is 11.4. The van der Waals surface area contributed by atoms with Crippen molar-refractivity contribution in [2.24, 2.45) is 5.92 Å². The van der Waals surface area contributed by atoms with Gasteiger partial charge in [0.05, 0.1) is 0 Å². The molecular formula is C18H25N3O2S2. The number of amides is 1. The van der Waals surface area contributed by atoms with Crippen LogP contribution in [0.25, 0.3) is 0 Å². The van der Waals surface area contributed by atoms with Gasteiger partial charge in [0.25, 0.3) is 5.91 Å². The standard InChI is InChI=1S/C18H25N3O2S2/c1-11(2)10-24-18-21-20-17(25-18)19-16(22)13(5)23-15-9-7-6-8-14(15)12(3)4/h6-9,11-13H,10H2,1-5H3,(H,19,20,22)/t13-/m0/s1. The zero-order valence-electron chi connectivity index (χ0n) is 15.3. The first-order chi connectivity index (χ1) is 11.9. The van der Waals surface area contributed by atoms with Crippen molar-refractivity contribution in [1.29, 1.82) is 0 Å². The molecule has 2 rings (SSSR count). The van der Waals surface area contributed by atoms with Crippen LogP contribution < -0.4 is 10.1 Å². The number of aromatic nitrogens is 2. The van der Waals surface area contributed by atoms with Crippen LogP contribution >= 0.6 is 23.1 Å². The van der Waals surface area contributed by atoms with E-state index in [-0.39, 0.29) is 5.91 Å². The smallest absolute Gasteiger partial charge is 0.266 e. The fraction of sp³-hybridized carbons (Fsp3) is 0.500. The van der Waals surface area contributed by atoms with E-state index in [0.717, 1.165) is 21.4 Å². The van der Waals surface area contributed by atoms with Gasteiger partial charge < -0.3 is 4.74 Å². The summed E-state index contributed by atoms with van der Waals surface area (Å²) in [5.74, 6) is 2.41. The first-order valence-corrected chi connectivity index (χ1v) is 10.2. The van der Waals surface area contributed by atoms with E-state index in [4.69, 9.17) is 4.74 Å². The van der Waals surface area contributed by atoms with Gasteiger partial charge >= 0.3 is 0 Å². The number of benzene rings is 1. The van der Waals surface area contributed by atoms with Crippen molar-refractivity contribution in [3.05, 3.63) is 29.8 Å². The van der Waals surface area contributed by atoms with Gasteiger partial charge in [0.15, 0.2) is 10.4 Å². The van der Waals surface area contributed by atoms with E-state index in [0.29, 0.717) is 17.0 Å². The van der Waals surface area contributed by atoms with Crippen molar-refractivity contribution in [2.75, 3.05) is 11.1 Å². The summed E-state index contributed by atoms with van der Waals surface area (Å²) in [6, 6.07) is 7.80. The lowest BCUT2D eigenvalue weighted by molar-refractivity contribution is -0.122. The molecule has 2 aromatic rings. The Balaban J connectivity index is 1.95. The van der Waals surface area contributed by atoms with Gasteiger partial charge in [-0.25, -0.2) is 0 Å². The van der Waals surface area contributed by atoms with Crippen LogP contribution in [0.4, 0.5) is 5.13 Å². The average Bonchev–Trinajstić information content (AvgIpc) is 3.00. The van der Waals surface area contributed by atoms with Gasteiger partial charge in [0.1, 0.15) is 5.75 Å². The maximum Gasteiger partial charge on any atom is 0.266 e. The van der Waals surface area contributed by atoms with Crippen LogP contribution in [-0.2, 0) is 4.79 Å². The first-order valence-electron chi connectivity index (χ1n) is 8.39. The normalized spacial score (nSPS) is 12.4. The van der Waals surface area contributed by atoms with Crippen LogP contribution in [0.5, 0.6) is 5.75 Å². The van der Waals surface area contributed by atoms with E-state index < -0.39 is 6.10 Å². The molecule has 0 fully saturated rings. The first kappa shape index (κ1) is 19.7. The lowest BCUT2D eigenvalue weighted by Gasteiger charge is -2.18. The number of carbonyl (C=O) groups excluding carboxylic acids is 1. The molecule has 1 heterocycles. The van der Waals surface area contributed by atoms with E-state index in [1.807, 2.05) is 24.3 Å². The Hall–Kier alpha value is -1.60. The molecule has 7 heteroatoms. The van der Waals surface area contributed by atoms with Gasteiger partial charge in [-0.1, -0.05) is 69.0 Å². The van der Waals surface area contributed by atoms with Crippen LogP contribution in [0.1, 0.15) is 46.1 Å². The van der Waals surface area contributed by atoms with Crippen molar-refractivity contribution < 1.29 is 9.53 Å². The van der Waals surface area contributed by atoms with E-state index in [9.17, 15) is 4.79 Å². The topological polar surface area (TPSA) is 64.1 Å². The maximum atomic E-state index is 12.4. The van der Waals surface area contributed by atoms with Crippen molar-refractivity contribution in [1.82, 2.24) is 10.2 Å². The molecule has 0 spiro atoms. The van der Waals surface area contributed by atoms with Gasteiger partial charge in [-0.3, -0.25) is 10.1 Å². The van der Waals surface area contributed by atoms with Crippen LogP contribution in [-0.4, -0.2) is 28.0 Å². The number of ether oxygens (including phenoxy) is 1. The van der Waals surface area contributed by atoms with E-state index >= 15 is 0 Å². The minimum atomic E-state index is -0.615. The summed E-state index contributed by atoms with van der Waals surface area (Å²) in [5.41, 5.74) is 1.09. The fourth-order valence-corrected chi connectivity index (χ4v) is 3.80. The monoisotopic (exact) mass is 379 g/mol. The summed E-state index contributed by atoms with van der Waals surface area (Å²) in [6.45, 7) is 10.3. The summed E-state index contributed by atoms with van der Waals surface area (Å²) < 4.78 is 6.73. The molecule has 0 aliphatic rings. The number of para-hydroxylation sites is 1. The molecule has 1 aromatic heterocycles. The summed E-state index contributed by atoms with van der Waals surface area (Å²) >= 11 is 3.04. The Kier molecular flexibility index (Phi) is 7.25. The quantitative estimate of drug-likeness (QED) is 0.526. The Bertz CT molecular complexity index is 701. The SMILES string of the molecule is CC(C)CSc1nnc(NC(=O)[C@H](C)Oc2ccccc2C(C)C)s1. The summed E-state index contributed by atoms with van der Waals surface area (Å²) in [6.07, 6.45) is -0.615. The minimum absolute atomic E-state index is 0.227. The van der Waals surface area contributed by atoms with Crippen LogP contribution in [0.3, 0.4) is 0 Å². The Morgan fingerprint density at radius 3 is 2.60 bits per heavy atom. The third-order valence-electron chi connectivity index (χ3n) is 3.39. The lowest BCUT2D eigenvalue weighted by atomic mass is 10.0. The number of nitrogens with zero attached hydrogens (tertiary/aromatic N) is 2. The molecule has 0 saturated carbocycles. The summed E-state index contributed by atoms with van der Waals surface area (Å²) in [4.78, 5) is 12.4. The number of carbonyl (C=O) groups is 1. The number of hydrogen-bond acceptors (Lipinski definition) is 6. The molecule has 0 saturated heterocycles. The molecule has 1 aromatic carbocycles. The molecule has 1 N–H and O–H groups in total. The second kappa shape index (κ2) is 9.20. The van der Waals surface area contributed by atoms with Crippen LogP contribution in [0, 0.1) is 5.92 Å². The molecule has 1 atom stereocenters. The van der Waals surface area contributed by atoms with Crippen molar-refractivity contribution in [3.63, 3.8) is 0 Å². The second-order valence-electron chi connectivity index (χ2n) is 6.52. The van der Waals surface area contributed by atoms with Crippen molar-refractivity contribution in [3.8, 4) is 5.75 Å². The lowest BCUT2D eigenvalue weighted by Crippen LogP contribution is -2.30. The van der Waals surface area contributed by atoms with E-state index in [1.54, 1.807) is 18.7 Å². The number of anilines is 1. The highest BCUT2D eigenvalue weighted by atomic mass is 32.2. The second-order valence-corrected chi connectivity index (χ2v) is 8.76.